The van der Waals surface area contributed by atoms with E-state index >= 15 is 0 Å². The summed E-state index contributed by atoms with van der Waals surface area (Å²) in [5.74, 6) is 0.0401. The minimum absolute atomic E-state index is 0.0539. The quantitative estimate of drug-likeness (QED) is 0.764. The third-order valence-corrected chi connectivity index (χ3v) is 2.90. The van der Waals surface area contributed by atoms with Crippen molar-refractivity contribution in [1.82, 2.24) is 9.97 Å². The van der Waals surface area contributed by atoms with E-state index in [-0.39, 0.29) is 11.5 Å². The van der Waals surface area contributed by atoms with E-state index in [4.69, 9.17) is 5.73 Å². The zero-order valence-corrected chi connectivity index (χ0v) is 9.00. The Bertz CT molecular complexity index is 378. The van der Waals surface area contributed by atoms with Gasteiger partial charge in [-0.05, 0) is 26.7 Å². The summed E-state index contributed by atoms with van der Waals surface area (Å²) >= 11 is 0. The molecule has 0 saturated carbocycles. The molecule has 15 heavy (non-hydrogen) atoms. The smallest absolute Gasteiger partial charge is 0.222 e. The van der Waals surface area contributed by atoms with Crippen LogP contribution in [0.15, 0.2) is 6.20 Å². The lowest BCUT2D eigenvalue weighted by atomic mass is 10.0. The summed E-state index contributed by atoms with van der Waals surface area (Å²) in [5, 5.41) is 0. The highest BCUT2D eigenvalue weighted by Crippen LogP contribution is 2.33. The van der Waals surface area contributed by atoms with Crippen molar-refractivity contribution in [2.24, 2.45) is 0 Å². The van der Waals surface area contributed by atoms with Crippen LogP contribution >= 0.6 is 0 Å². The van der Waals surface area contributed by atoms with Gasteiger partial charge in [0, 0.05) is 12.1 Å². The van der Waals surface area contributed by atoms with Crippen molar-refractivity contribution in [3.8, 4) is 0 Å². The molecule has 0 bridgehead atoms. The van der Waals surface area contributed by atoms with Gasteiger partial charge in [-0.25, -0.2) is 9.37 Å². The predicted molar refractivity (Wildman–Crippen MR) is 57.1 cm³/mol. The van der Waals surface area contributed by atoms with Gasteiger partial charge < -0.3 is 10.6 Å². The molecule has 1 aromatic heterocycles. The predicted octanol–water partition coefficient (Wildman–Crippen LogP) is 1.58. The Kier molecular flexibility index (Phi) is 2.25. The van der Waals surface area contributed by atoms with Crippen LogP contribution < -0.4 is 10.6 Å². The first-order chi connectivity index (χ1) is 7.00. The highest BCUT2D eigenvalue weighted by Gasteiger charge is 2.34. The monoisotopic (exact) mass is 210 g/mol. The molecule has 82 valence electrons. The van der Waals surface area contributed by atoms with Crippen LogP contribution in [0.5, 0.6) is 0 Å². The van der Waals surface area contributed by atoms with Crippen molar-refractivity contribution in [3.05, 3.63) is 12.0 Å². The molecule has 0 unspecified atom stereocenters. The van der Waals surface area contributed by atoms with Crippen molar-refractivity contribution in [3.63, 3.8) is 0 Å². The van der Waals surface area contributed by atoms with E-state index in [2.05, 4.69) is 23.8 Å². The van der Waals surface area contributed by atoms with Crippen LogP contribution in [0.25, 0.3) is 0 Å². The SMILES string of the molecule is CC1(C)CCCN1c1nc(N)ncc1F. The topological polar surface area (TPSA) is 55.0 Å². The number of halogens is 1. The molecular weight excluding hydrogens is 195 g/mol. The Hall–Kier alpha value is -1.39. The van der Waals surface area contributed by atoms with Crippen LogP contribution in [0, 0.1) is 5.82 Å². The Morgan fingerprint density at radius 1 is 1.53 bits per heavy atom. The highest BCUT2D eigenvalue weighted by atomic mass is 19.1. The van der Waals surface area contributed by atoms with Gasteiger partial charge in [0.2, 0.25) is 5.95 Å². The molecule has 2 N–H and O–H groups in total. The summed E-state index contributed by atoms with van der Waals surface area (Å²) in [7, 11) is 0. The van der Waals surface area contributed by atoms with Gasteiger partial charge in [0.15, 0.2) is 11.6 Å². The van der Waals surface area contributed by atoms with Crippen LogP contribution in [0.2, 0.25) is 0 Å². The number of anilines is 2. The number of hydrogen-bond donors (Lipinski definition) is 1. The van der Waals surface area contributed by atoms with Gasteiger partial charge in [-0.3, -0.25) is 0 Å². The normalized spacial score (nSPS) is 19.5. The van der Waals surface area contributed by atoms with Crippen LogP contribution in [-0.2, 0) is 0 Å². The minimum atomic E-state index is -0.404. The number of nitrogens with zero attached hydrogens (tertiary/aromatic N) is 3. The zero-order chi connectivity index (χ0) is 11.1. The van der Waals surface area contributed by atoms with E-state index < -0.39 is 5.82 Å². The van der Waals surface area contributed by atoms with Crippen molar-refractivity contribution in [2.75, 3.05) is 17.2 Å². The first kappa shape index (κ1) is 10.1. The third kappa shape index (κ3) is 1.73. The summed E-state index contributed by atoms with van der Waals surface area (Å²) in [6, 6.07) is 0. The molecule has 4 nitrogen and oxygen atoms in total. The molecule has 2 rings (SSSR count). The minimum Gasteiger partial charge on any atom is -0.368 e. The second-order valence-electron chi connectivity index (χ2n) is 4.47. The summed E-state index contributed by atoms with van der Waals surface area (Å²) in [6.45, 7) is 4.98. The zero-order valence-electron chi connectivity index (χ0n) is 9.00. The number of rotatable bonds is 1. The fourth-order valence-electron chi connectivity index (χ4n) is 2.06. The first-order valence-electron chi connectivity index (χ1n) is 5.06. The first-order valence-corrected chi connectivity index (χ1v) is 5.06. The van der Waals surface area contributed by atoms with Crippen LogP contribution in [0.1, 0.15) is 26.7 Å². The summed E-state index contributed by atoms with van der Waals surface area (Å²) in [5.41, 5.74) is 5.41. The van der Waals surface area contributed by atoms with Gasteiger partial charge in [0.25, 0.3) is 0 Å². The van der Waals surface area contributed by atoms with Gasteiger partial charge in [0.05, 0.1) is 6.20 Å². The van der Waals surface area contributed by atoms with Crippen LogP contribution in [0.4, 0.5) is 16.2 Å². The second-order valence-corrected chi connectivity index (χ2v) is 4.47. The van der Waals surface area contributed by atoms with E-state index in [1.807, 2.05) is 4.90 Å². The molecule has 0 amide bonds. The maximum absolute atomic E-state index is 13.5. The Morgan fingerprint density at radius 3 is 2.87 bits per heavy atom. The second kappa shape index (κ2) is 3.32. The molecule has 0 aliphatic carbocycles. The maximum Gasteiger partial charge on any atom is 0.222 e. The molecule has 0 radical (unpaired) electrons. The number of aromatic nitrogens is 2. The fraction of sp³-hybridized carbons (Fsp3) is 0.600. The number of hydrogen-bond acceptors (Lipinski definition) is 4. The van der Waals surface area contributed by atoms with Crippen molar-refractivity contribution >= 4 is 11.8 Å². The van der Waals surface area contributed by atoms with Gasteiger partial charge in [-0.1, -0.05) is 0 Å². The molecule has 0 spiro atoms. The molecule has 1 aliphatic rings. The lowest BCUT2D eigenvalue weighted by Crippen LogP contribution is -2.39. The third-order valence-electron chi connectivity index (χ3n) is 2.90. The Morgan fingerprint density at radius 2 is 2.27 bits per heavy atom. The molecule has 1 aromatic rings. The molecule has 0 aromatic carbocycles. The fourth-order valence-corrected chi connectivity index (χ4v) is 2.06. The number of nitrogen functional groups attached to an aromatic ring is 1. The lowest BCUT2D eigenvalue weighted by molar-refractivity contribution is 0.500. The van der Waals surface area contributed by atoms with Gasteiger partial charge in [-0.2, -0.15) is 4.98 Å². The summed E-state index contributed by atoms with van der Waals surface area (Å²) < 4.78 is 13.5. The molecule has 1 saturated heterocycles. The average Bonchev–Trinajstić information content (AvgIpc) is 2.50. The summed E-state index contributed by atoms with van der Waals surface area (Å²) in [6.07, 6.45) is 3.22. The number of nitrogens with two attached hydrogens (primary N) is 1. The molecule has 1 fully saturated rings. The van der Waals surface area contributed by atoms with Gasteiger partial charge >= 0.3 is 0 Å². The van der Waals surface area contributed by atoms with Crippen LogP contribution in [-0.4, -0.2) is 22.1 Å². The average molecular weight is 210 g/mol. The molecule has 5 heteroatoms. The Balaban J connectivity index is 2.40. The lowest BCUT2D eigenvalue weighted by Gasteiger charge is -2.32. The van der Waals surface area contributed by atoms with E-state index in [0.717, 1.165) is 25.6 Å². The van der Waals surface area contributed by atoms with E-state index in [9.17, 15) is 4.39 Å². The van der Waals surface area contributed by atoms with E-state index in [0.29, 0.717) is 5.82 Å². The molecular formula is C10H15FN4. The van der Waals surface area contributed by atoms with Gasteiger partial charge in [0.1, 0.15) is 0 Å². The van der Waals surface area contributed by atoms with Crippen LogP contribution in [0.3, 0.4) is 0 Å². The van der Waals surface area contributed by atoms with Crippen molar-refractivity contribution in [2.45, 2.75) is 32.2 Å². The highest BCUT2D eigenvalue weighted by molar-refractivity contribution is 5.46. The molecule has 2 heterocycles. The Labute approximate surface area is 88.3 Å². The maximum atomic E-state index is 13.5. The standard InChI is InChI=1S/C10H15FN4/c1-10(2)4-3-5-15(10)8-7(11)6-13-9(12)14-8/h6H,3-5H2,1-2H3,(H2,12,13,14). The molecule has 0 atom stereocenters. The largest absolute Gasteiger partial charge is 0.368 e. The van der Waals surface area contributed by atoms with Gasteiger partial charge in [-0.15, -0.1) is 0 Å². The van der Waals surface area contributed by atoms with Crippen molar-refractivity contribution < 1.29 is 4.39 Å². The van der Waals surface area contributed by atoms with Crippen molar-refractivity contribution in [1.29, 1.82) is 0 Å². The van der Waals surface area contributed by atoms with E-state index in [1.165, 1.54) is 0 Å². The van der Waals surface area contributed by atoms with E-state index in [1.54, 1.807) is 0 Å². The summed E-state index contributed by atoms with van der Waals surface area (Å²) in [4.78, 5) is 9.55. The molecule has 1 aliphatic heterocycles.